The normalized spacial score (nSPS) is 14.4. The van der Waals surface area contributed by atoms with Crippen molar-refractivity contribution >= 4 is 40.4 Å². The Hall–Kier alpha value is -3.10. The first-order chi connectivity index (χ1) is 19.7. The number of carbonyl (C=O) groups is 3. The molecule has 13 heteroatoms. The Balaban J connectivity index is 2.29. The standard InChI is InChI=1S/C29H36F3IN2O7/c1-7-19(12-14-33)25(42-21-10-8-20(9-11-21)29(30,31)32)17(4)40-28(38)23(16(2)3)35-27(37)24-26(41-18(5)36)22(39-6)13-15-34-24/h8-11,13,15-17,19,23,25H,7,12,14H2,1-6H3,(H,35,37)/t17-,19?,23-,25-/m0/s1. The van der Waals surface area contributed by atoms with Gasteiger partial charge in [-0.05, 0) is 60.3 Å². The zero-order valence-corrected chi connectivity index (χ0v) is 26.4. The number of amides is 1. The minimum absolute atomic E-state index is 0.0774. The Kier molecular flexibility index (Phi) is 13.3. The highest BCUT2D eigenvalue weighted by Crippen LogP contribution is 2.32. The van der Waals surface area contributed by atoms with Crippen LogP contribution in [0.3, 0.4) is 0 Å². The third-order valence-corrected chi connectivity index (χ3v) is 7.07. The number of benzene rings is 1. The van der Waals surface area contributed by atoms with Gasteiger partial charge in [0.15, 0.2) is 11.4 Å². The van der Waals surface area contributed by atoms with Crippen molar-refractivity contribution in [3.05, 3.63) is 47.8 Å². The van der Waals surface area contributed by atoms with Crippen LogP contribution in [-0.4, -0.2) is 52.6 Å². The van der Waals surface area contributed by atoms with Crippen molar-refractivity contribution in [2.24, 2.45) is 11.8 Å². The summed E-state index contributed by atoms with van der Waals surface area (Å²) in [6.07, 6.45) is -3.30. The molecule has 2 rings (SSSR count). The maximum absolute atomic E-state index is 13.4. The number of pyridine rings is 1. The average Bonchev–Trinajstić information content (AvgIpc) is 2.92. The number of nitrogens with one attached hydrogen (secondary N) is 1. The van der Waals surface area contributed by atoms with Gasteiger partial charge in [0.2, 0.25) is 5.75 Å². The third-order valence-electron chi connectivity index (χ3n) is 6.44. The maximum atomic E-state index is 13.4. The molecule has 1 aromatic heterocycles. The second-order valence-electron chi connectivity index (χ2n) is 9.87. The van der Waals surface area contributed by atoms with E-state index in [-0.39, 0.29) is 28.9 Å². The quantitative estimate of drug-likeness (QED) is 0.144. The van der Waals surface area contributed by atoms with Crippen LogP contribution in [0.1, 0.15) is 63.5 Å². The van der Waals surface area contributed by atoms with Crippen LogP contribution in [0, 0.1) is 11.8 Å². The molecule has 1 N–H and O–H groups in total. The summed E-state index contributed by atoms with van der Waals surface area (Å²) >= 11 is 2.22. The van der Waals surface area contributed by atoms with E-state index in [0.29, 0.717) is 6.42 Å². The van der Waals surface area contributed by atoms with E-state index in [1.807, 2.05) is 6.92 Å². The molecule has 0 aliphatic rings. The maximum Gasteiger partial charge on any atom is 0.416 e. The van der Waals surface area contributed by atoms with Crippen LogP contribution < -0.4 is 19.5 Å². The number of carbonyl (C=O) groups excluding carboxylic acids is 3. The van der Waals surface area contributed by atoms with Crippen LogP contribution in [0.4, 0.5) is 13.2 Å². The van der Waals surface area contributed by atoms with Crippen molar-refractivity contribution in [1.29, 1.82) is 0 Å². The number of ether oxygens (including phenoxy) is 4. The van der Waals surface area contributed by atoms with Crippen LogP contribution in [-0.2, 0) is 20.5 Å². The summed E-state index contributed by atoms with van der Waals surface area (Å²) in [5, 5.41) is 2.61. The summed E-state index contributed by atoms with van der Waals surface area (Å²) in [4.78, 5) is 42.2. The predicted molar refractivity (Wildman–Crippen MR) is 157 cm³/mol. The molecule has 2 aromatic rings. The zero-order chi connectivity index (χ0) is 31.6. The molecule has 0 saturated heterocycles. The van der Waals surface area contributed by atoms with Crippen molar-refractivity contribution in [3.63, 3.8) is 0 Å². The van der Waals surface area contributed by atoms with Gasteiger partial charge >= 0.3 is 18.1 Å². The minimum Gasteiger partial charge on any atom is -0.493 e. The monoisotopic (exact) mass is 708 g/mol. The highest BCUT2D eigenvalue weighted by molar-refractivity contribution is 14.1. The summed E-state index contributed by atoms with van der Waals surface area (Å²) in [6, 6.07) is 4.64. The van der Waals surface area contributed by atoms with Gasteiger partial charge in [0.05, 0.1) is 12.7 Å². The van der Waals surface area contributed by atoms with Gasteiger partial charge < -0.3 is 24.3 Å². The summed E-state index contributed by atoms with van der Waals surface area (Å²) in [5.74, 6) is -2.60. The molecule has 0 bridgehead atoms. The molecular weight excluding hydrogens is 672 g/mol. The van der Waals surface area contributed by atoms with E-state index in [4.69, 9.17) is 18.9 Å². The number of hydrogen-bond acceptors (Lipinski definition) is 8. The fraction of sp³-hybridized carbons (Fsp3) is 0.517. The van der Waals surface area contributed by atoms with E-state index in [1.165, 1.54) is 31.5 Å². The summed E-state index contributed by atoms with van der Waals surface area (Å²) in [5.41, 5.74) is -1.06. The Labute approximate surface area is 257 Å². The molecule has 42 heavy (non-hydrogen) atoms. The third kappa shape index (κ3) is 9.73. The van der Waals surface area contributed by atoms with E-state index in [0.717, 1.165) is 29.9 Å². The first kappa shape index (κ1) is 35.1. The second-order valence-corrected chi connectivity index (χ2v) is 11.0. The van der Waals surface area contributed by atoms with E-state index in [9.17, 15) is 27.6 Å². The fourth-order valence-electron chi connectivity index (χ4n) is 4.22. The Bertz CT molecular complexity index is 1210. The number of esters is 2. The zero-order valence-electron chi connectivity index (χ0n) is 24.3. The van der Waals surface area contributed by atoms with Crippen molar-refractivity contribution in [2.45, 2.75) is 71.9 Å². The van der Waals surface area contributed by atoms with E-state index in [1.54, 1.807) is 20.8 Å². The molecule has 0 aliphatic carbocycles. The van der Waals surface area contributed by atoms with Gasteiger partial charge in [-0.15, -0.1) is 0 Å². The molecule has 0 fully saturated rings. The van der Waals surface area contributed by atoms with Crippen LogP contribution in [0.15, 0.2) is 36.5 Å². The van der Waals surface area contributed by atoms with E-state index in [2.05, 4.69) is 32.9 Å². The molecule has 0 spiro atoms. The SMILES string of the molecule is CCC(CCI)[C@@H](Oc1ccc(C(F)(F)F)cc1)[C@H](C)OC(=O)[C@@H](NC(=O)c1nccc(OC)c1OC(C)=O)C(C)C. The number of rotatable bonds is 14. The number of aromatic nitrogens is 1. The van der Waals surface area contributed by atoms with Gasteiger partial charge in [0.25, 0.3) is 5.91 Å². The number of hydrogen-bond donors (Lipinski definition) is 1. The van der Waals surface area contributed by atoms with Gasteiger partial charge in [0.1, 0.15) is 24.0 Å². The van der Waals surface area contributed by atoms with Gasteiger partial charge in [0, 0.05) is 19.2 Å². The highest BCUT2D eigenvalue weighted by Gasteiger charge is 2.35. The Morgan fingerprint density at radius 1 is 1.07 bits per heavy atom. The van der Waals surface area contributed by atoms with Gasteiger partial charge in [-0.25, -0.2) is 9.78 Å². The molecule has 9 nitrogen and oxygen atoms in total. The first-order valence-corrected chi connectivity index (χ1v) is 14.9. The molecule has 1 heterocycles. The van der Waals surface area contributed by atoms with Gasteiger partial charge in [-0.1, -0.05) is 43.4 Å². The summed E-state index contributed by atoms with van der Waals surface area (Å²) in [7, 11) is 1.34. The lowest BCUT2D eigenvalue weighted by Crippen LogP contribution is -2.48. The van der Waals surface area contributed by atoms with E-state index < -0.39 is 53.8 Å². The number of alkyl halides is 4. The number of methoxy groups -OCH3 is 1. The molecular formula is C29H36F3IN2O7. The Morgan fingerprint density at radius 3 is 2.21 bits per heavy atom. The highest BCUT2D eigenvalue weighted by atomic mass is 127. The molecule has 1 aromatic carbocycles. The Morgan fingerprint density at radius 2 is 1.71 bits per heavy atom. The molecule has 1 unspecified atom stereocenters. The van der Waals surface area contributed by atoms with Gasteiger partial charge in [-0.3, -0.25) is 9.59 Å². The van der Waals surface area contributed by atoms with Crippen molar-refractivity contribution in [2.75, 3.05) is 11.5 Å². The van der Waals surface area contributed by atoms with Crippen LogP contribution >= 0.6 is 22.6 Å². The minimum atomic E-state index is -4.48. The van der Waals surface area contributed by atoms with Crippen molar-refractivity contribution in [3.8, 4) is 17.2 Å². The van der Waals surface area contributed by atoms with Gasteiger partial charge in [-0.2, -0.15) is 13.2 Å². The van der Waals surface area contributed by atoms with Crippen LogP contribution in [0.5, 0.6) is 17.2 Å². The smallest absolute Gasteiger partial charge is 0.416 e. The predicted octanol–water partition coefficient (Wildman–Crippen LogP) is 6.02. The first-order valence-electron chi connectivity index (χ1n) is 13.4. The van der Waals surface area contributed by atoms with Crippen LogP contribution in [0.25, 0.3) is 0 Å². The van der Waals surface area contributed by atoms with Crippen molar-refractivity contribution < 1.29 is 46.5 Å². The summed E-state index contributed by atoms with van der Waals surface area (Å²) in [6.45, 7) is 8.18. The largest absolute Gasteiger partial charge is 0.493 e. The lowest BCUT2D eigenvalue weighted by molar-refractivity contribution is -0.158. The topological polar surface area (TPSA) is 113 Å². The lowest BCUT2D eigenvalue weighted by Gasteiger charge is -2.32. The average molecular weight is 709 g/mol. The number of halogens is 4. The fourth-order valence-corrected chi connectivity index (χ4v) is 5.02. The molecule has 0 radical (unpaired) electrons. The van der Waals surface area contributed by atoms with Crippen molar-refractivity contribution in [1.82, 2.24) is 10.3 Å². The lowest BCUT2D eigenvalue weighted by atomic mass is 9.92. The molecule has 0 saturated carbocycles. The summed E-state index contributed by atoms with van der Waals surface area (Å²) < 4.78 is 62.1. The van der Waals surface area contributed by atoms with Crippen LogP contribution in [0.2, 0.25) is 0 Å². The number of nitrogens with zero attached hydrogens (tertiary/aromatic N) is 1. The van der Waals surface area contributed by atoms with E-state index >= 15 is 0 Å². The molecule has 0 aliphatic heterocycles. The molecule has 232 valence electrons. The second kappa shape index (κ2) is 15.9. The molecule has 1 amide bonds. The molecule has 4 atom stereocenters.